The van der Waals surface area contributed by atoms with Crippen molar-refractivity contribution in [2.45, 2.75) is 18.2 Å². The van der Waals surface area contributed by atoms with Crippen molar-refractivity contribution >= 4 is 44.8 Å². The van der Waals surface area contributed by atoms with Crippen LogP contribution in [0.15, 0.2) is 35.2 Å². The monoisotopic (exact) mass is 437 g/mol. The zero-order valence-electron chi connectivity index (χ0n) is 16.1. The number of carbonyl (C=O) groups excluding carboxylic acids is 2. The number of rotatable bonds is 6. The second kappa shape index (κ2) is 8.02. The molecule has 154 valence electrons. The Morgan fingerprint density at radius 1 is 1.31 bits per heavy atom. The van der Waals surface area contributed by atoms with Crippen molar-refractivity contribution in [2.75, 3.05) is 31.3 Å². The summed E-state index contributed by atoms with van der Waals surface area (Å²) in [6.07, 6.45) is 0.127. The standard InChI is InChI=1S/C19H20ClN3O5S/c1-11-6-12-8-17(24)22-19(12)16(7-11)29(26,27)23(2)10-18(25)21-13-4-5-15(28-3)14(20)9-13/h4-7,9H,8,10H2,1-3H3,(H,21,25)(H,22,24). The van der Waals surface area contributed by atoms with E-state index in [4.69, 9.17) is 16.3 Å². The number of sulfonamides is 1. The largest absolute Gasteiger partial charge is 0.495 e. The van der Waals surface area contributed by atoms with Gasteiger partial charge in [-0.15, -0.1) is 0 Å². The Morgan fingerprint density at radius 2 is 2.03 bits per heavy atom. The topological polar surface area (TPSA) is 105 Å². The highest BCUT2D eigenvalue weighted by Gasteiger charge is 2.31. The van der Waals surface area contributed by atoms with Gasteiger partial charge in [0, 0.05) is 12.7 Å². The van der Waals surface area contributed by atoms with Crippen LogP contribution in [0.4, 0.5) is 11.4 Å². The van der Waals surface area contributed by atoms with E-state index in [0.717, 1.165) is 4.31 Å². The summed E-state index contributed by atoms with van der Waals surface area (Å²) < 4.78 is 32.1. The van der Waals surface area contributed by atoms with Crippen molar-refractivity contribution in [2.24, 2.45) is 0 Å². The van der Waals surface area contributed by atoms with Gasteiger partial charge in [0.25, 0.3) is 0 Å². The van der Waals surface area contributed by atoms with Crippen molar-refractivity contribution < 1.29 is 22.7 Å². The maximum Gasteiger partial charge on any atom is 0.245 e. The number of nitrogens with zero attached hydrogens (tertiary/aromatic N) is 1. The van der Waals surface area contributed by atoms with Gasteiger partial charge in [-0.05, 0) is 42.3 Å². The Bertz CT molecular complexity index is 1100. The van der Waals surface area contributed by atoms with Crippen LogP contribution in [0.1, 0.15) is 11.1 Å². The lowest BCUT2D eigenvalue weighted by Gasteiger charge is -2.19. The molecule has 1 aliphatic heterocycles. The summed E-state index contributed by atoms with van der Waals surface area (Å²) in [5.74, 6) is -0.343. The first kappa shape index (κ1) is 21.1. The number of ether oxygens (including phenoxy) is 1. The van der Waals surface area contributed by atoms with Crippen LogP contribution < -0.4 is 15.4 Å². The highest BCUT2D eigenvalue weighted by atomic mass is 35.5. The van der Waals surface area contributed by atoms with Crippen LogP contribution in [0, 0.1) is 6.92 Å². The summed E-state index contributed by atoms with van der Waals surface area (Å²) in [4.78, 5) is 24.0. The number of likely N-dealkylation sites (N-methyl/N-ethyl adjacent to an activating group) is 1. The SMILES string of the molecule is COc1ccc(NC(=O)CN(C)S(=O)(=O)c2cc(C)cc3c2NC(=O)C3)cc1Cl. The molecular weight excluding hydrogens is 418 g/mol. The quantitative estimate of drug-likeness (QED) is 0.722. The van der Waals surface area contributed by atoms with Crippen molar-refractivity contribution in [3.05, 3.63) is 46.5 Å². The summed E-state index contributed by atoms with van der Waals surface area (Å²) in [6, 6.07) is 7.96. The lowest BCUT2D eigenvalue weighted by molar-refractivity contribution is -0.116. The number of hydrogen-bond donors (Lipinski definition) is 2. The molecule has 3 rings (SSSR count). The molecule has 8 nitrogen and oxygen atoms in total. The maximum absolute atomic E-state index is 13.0. The molecule has 0 aliphatic carbocycles. The van der Waals surface area contributed by atoms with Crippen LogP contribution in [-0.2, 0) is 26.0 Å². The van der Waals surface area contributed by atoms with Crippen LogP contribution in [0.2, 0.25) is 5.02 Å². The molecule has 2 aromatic rings. The second-order valence-corrected chi connectivity index (χ2v) is 9.10. The molecule has 2 amide bonds. The summed E-state index contributed by atoms with van der Waals surface area (Å²) >= 11 is 6.03. The number of methoxy groups -OCH3 is 1. The van der Waals surface area contributed by atoms with Crippen LogP contribution >= 0.6 is 11.6 Å². The molecule has 29 heavy (non-hydrogen) atoms. The number of fused-ring (bicyclic) bond motifs is 1. The highest BCUT2D eigenvalue weighted by Crippen LogP contribution is 2.33. The molecule has 0 spiro atoms. The molecule has 2 N–H and O–H groups in total. The van der Waals surface area contributed by atoms with Crippen LogP contribution in [-0.4, -0.2) is 45.2 Å². The minimum absolute atomic E-state index is 0.0267. The maximum atomic E-state index is 13.0. The average Bonchev–Trinajstić information content (AvgIpc) is 3.00. The molecule has 0 bridgehead atoms. The zero-order chi connectivity index (χ0) is 21.3. The minimum atomic E-state index is -4.00. The number of hydrogen-bond acceptors (Lipinski definition) is 5. The highest BCUT2D eigenvalue weighted by molar-refractivity contribution is 7.89. The first-order valence-electron chi connectivity index (χ1n) is 8.65. The predicted octanol–water partition coefficient (Wildman–Crippen LogP) is 2.41. The van der Waals surface area contributed by atoms with Gasteiger partial charge in [-0.25, -0.2) is 8.42 Å². The number of halogens is 1. The van der Waals surface area contributed by atoms with E-state index in [1.54, 1.807) is 25.1 Å². The fourth-order valence-corrected chi connectivity index (χ4v) is 4.72. The van der Waals surface area contributed by atoms with Gasteiger partial charge in [0.1, 0.15) is 10.6 Å². The second-order valence-electron chi connectivity index (χ2n) is 6.68. The van der Waals surface area contributed by atoms with Crippen LogP contribution in [0.25, 0.3) is 0 Å². The number of anilines is 2. The first-order chi connectivity index (χ1) is 13.6. The predicted molar refractivity (Wildman–Crippen MR) is 110 cm³/mol. The van der Waals surface area contributed by atoms with E-state index in [1.807, 2.05) is 0 Å². The van der Waals surface area contributed by atoms with Crippen molar-refractivity contribution in [3.63, 3.8) is 0 Å². The molecule has 0 fully saturated rings. The van der Waals surface area contributed by atoms with Gasteiger partial charge in [0.15, 0.2) is 0 Å². The fourth-order valence-electron chi connectivity index (χ4n) is 3.07. The minimum Gasteiger partial charge on any atom is -0.495 e. The third-order valence-corrected chi connectivity index (χ3v) is 6.56. The van der Waals surface area contributed by atoms with E-state index in [1.165, 1.54) is 26.3 Å². The molecule has 2 aromatic carbocycles. The zero-order valence-corrected chi connectivity index (χ0v) is 17.6. The average molecular weight is 438 g/mol. The molecule has 0 saturated carbocycles. The molecule has 1 aliphatic rings. The molecule has 0 unspecified atom stereocenters. The number of carbonyl (C=O) groups is 2. The number of aryl methyl sites for hydroxylation is 1. The molecule has 0 atom stereocenters. The molecule has 0 radical (unpaired) electrons. The lowest BCUT2D eigenvalue weighted by Crippen LogP contribution is -2.35. The summed E-state index contributed by atoms with van der Waals surface area (Å²) in [7, 11) is -1.22. The molecule has 10 heteroatoms. The number of nitrogens with one attached hydrogen (secondary N) is 2. The van der Waals surface area contributed by atoms with E-state index in [0.29, 0.717) is 27.6 Å². The normalized spacial score (nSPS) is 13.2. The Morgan fingerprint density at radius 3 is 2.69 bits per heavy atom. The van der Waals surface area contributed by atoms with Gasteiger partial charge in [0.2, 0.25) is 21.8 Å². The summed E-state index contributed by atoms with van der Waals surface area (Å²) in [5, 5.41) is 5.51. The van der Waals surface area contributed by atoms with Crippen LogP contribution in [0.3, 0.4) is 0 Å². The molecular formula is C19H20ClN3O5S. The lowest BCUT2D eigenvalue weighted by atomic mass is 10.1. The van der Waals surface area contributed by atoms with Crippen molar-refractivity contribution in [1.82, 2.24) is 4.31 Å². The van der Waals surface area contributed by atoms with Crippen LogP contribution in [0.5, 0.6) is 5.75 Å². The van der Waals surface area contributed by atoms with E-state index in [-0.39, 0.29) is 22.9 Å². The third-order valence-electron chi connectivity index (χ3n) is 4.43. The third kappa shape index (κ3) is 4.36. The Hall–Kier alpha value is -2.62. The summed E-state index contributed by atoms with van der Waals surface area (Å²) in [6.45, 7) is 1.34. The van der Waals surface area contributed by atoms with Crippen molar-refractivity contribution in [1.29, 1.82) is 0 Å². The van der Waals surface area contributed by atoms with Gasteiger partial charge in [0.05, 0.1) is 30.8 Å². The molecule has 0 saturated heterocycles. The number of benzene rings is 2. The van der Waals surface area contributed by atoms with E-state index >= 15 is 0 Å². The number of amides is 2. The van der Waals surface area contributed by atoms with E-state index < -0.39 is 22.5 Å². The first-order valence-corrected chi connectivity index (χ1v) is 10.5. The van der Waals surface area contributed by atoms with Crippen molar-refractivity contribution in [3.8, 4) is 5.75 Å². The Balaban J connectivity index is 1.78. The van der Waals surface area contributed by atoms with Gasteiger partial charge in [-0.1, -0.05) is 17.7 Å². The van der Waals surface area contributed by atoms with Gasteiger partial charge >= 0.3 is 0 Å². The summed E-state index contributed by atoms with van der Waals surface area (Å²) in [5.41, 5.74) is 2.02. The fraction of sp³-hybridized carbons (Fsp3) is 0.263. The van der Waals surface area contributed by atoms with Gasteiger partial charge < -0.3 is 15.4 Å². The Kier molecular flexibility index (Phi) is 5.83. The molecule has 1 heterocycles. The van der Waals surface area contributed by atoms with E-state index in [9.17, 15) is 18.0 Å². The van der Waals surface area contributed by atoms with E-state index in [2.05, 4.69) is 10.6 Å². The van der Waals surface area contributed by atoms with Gasteiger partial charge in [-0.3, -0.25) is 9.59 Å². The molecule has 0 aromatic heterocycles. The smallest absolute Gasteiger partial charge is 0.245 e. The van der Waals surface area contributed by atoms with Gasteiger partial charge in [-0.2, -0.15) is 4.31 Å². The Labute approximate surface area is 173 Å².